The van der Waals surface area contributed by atoms with Crippen molar-refractivity contribution in [2.75, 3.05) is 0 Å². The maximum atomic E-state index is 13.3. The topological polar surface area (TPSA) is 34.1 Å². The Morgan fingerprint density at radius 3 is 2.12 bits per heavy atom. The molecule has 1 aliphatic carbocycles. The van der Waals surface area contributed by atoms with Gasteiger partial charge in [0.25, 0.3) is 0 Å². The van der Waals surface area contributed by atoms with E-state index in [1.165, 1.54) is 0 Å². The summed E-state index contributed by atoms with van der Waals surface area (Å²) in [6, 6.07) is 16.8. The minimum absolute atomic E-state index is 0.157. The third-order valence-electron chi connectivity index (χ3n) is 4.98. The molecule has 0 saturated carbocycles. The summed E-state index contributed by atoms with van der Waals surface area (Å²) in [7, 11) is 0. The summed E-state index contributed by atoms with van der Waals surface area (Å²) < 4.78 is 0. The van der Waals surface area contributed by atoms with Crippen molar-refractivity contribution >= 4 is 17.6 Å². The van der Waals surface area contributed by atoms with Gasteiger partial charge in [0.05, 0.1) is 0 Å². The van der Waals surface area contributed by atoms with Gasteiger partial charge in [-0.05, 0) is 12.0 Å². The van der Waals surface area contributed by atoms with Crippen LogP contribution in [0, 0.1) is 23.7 Å². The van der Waals surface area contributed by atoms with Crippen LogP contribution in [0.1, 0.15) is 39.1 Å². The van der Waals surface area contributed by atoms with Crippen LogP contribution in [0.5, 0.6) is 0 Å². The first-order valence-electron chi connectivity index (χ1n) is 8.61. The number of Topliss-reactive ketones (excluding diaryl/α,β-unsaturated/α-hetero) is 2. The second-order valence-corrected chi connectivity index (χ2v) is 6.45. The average Bonchev–Trinajstić information content (AvgIpc) is 2.89. The van der Waals surface area contributed by atoms with Crippen molar-refractivity contribution < 1.29 is 9.59 Å². The molecule has 128 valence electrons. The number of carbonyl (C=O) groups is 2. The Labute approximate surface area is 154 Å². The summed E-state index contributed by atoms with van der Waals surface area (Å²) in [6.45, 7) is 3.78. The Hall–Kier alpha value is -3.18. The van der Waals surface area contributed by atoms with Crippen LogP contribution in [0.4, 0.5) is 0 Å². The molecular weight excluding hydrogens is 320 g/mol. The monoisotopic (exact) mass is 340 g/mol. The largest absolute Gasteiger partial charge is 0.293 e. The van der Waals surface area contributed by atoms with Crippen LogP contribution in [0.2, 0.25) is 0 Å². The fraction of sp³-hybridized carbons (Fsp3) is 0.167. The lowest BCUT2D eigenvalue weighted by Gasteiger charge is -2.31. The molecule has 0 fully saturated rings. The van der Waals surface area contributed by atoms with E-state index in [9.17, 15) is 9.59 Å². The zero-order valence-corrected chi connectivity index (χ0v) is 14.5. The molecule has 1 aliphatic rings. The van der Waals surface area contributed by atoms with E-state index in [2.05, 4.69) is 12.5 Å². The number of fused-ring (bicyclic) bond motifs is 1. The van der Waals surface area contributed by atoms with Crippen LogP contribution in [0.15, 0.2) is 73.3 Å². The third kappa shape index (κ3) is 2.82. The number of hydrogen-bond acceptors (Lipinski definition) is 2. The Morgan fingerprint density at radius 2 is 1.58 bits per heavy atom. The highest BCUT2D eigenvalue weighted by Crippen LogP contribution is 2.47. The van der Waals surface area contributed by atoms with Crippen molar-refractivity contribution in [1.29, 1.82) is 0 Å². The summed E-state index contributed by atoms with van der Waals surface area (Å²) in [6.07, 6.45) is 11.6. The van der Waals surface area contributed by atoms with Gasteiger partial charge >= 0.3 is 0 Å². The Bertz CT molecular complexity index is 878. The van der Waals surface area contributed by atoms with E-state index in [0.29, 0.717) is 17.5 Å². The van der Waals surface area contributed by atoms with Gasteiger partial charge in [0.2, 0.25) is 0 Å². The van der Waals surface area contributed by atoms with Gasteiger partial charge in [-0.1, -0.05) is 72.8 Å². The number of carbonyl (C=O) groups excluding carboxylic acids is 2. The minimum atomic E-state index is -1.21. The summed E-state index contributed by atoms with van der Waals surface area (Å²) in [4.78, 5) is 26.6. The second kappa shape index (κ2) is 7.37. The van der Waals surface area contributed by atoms with Crippen molar-refractivity contribution in [3.8, 4) is 12.3 Å². The number of ketones is 2. The molecule has 26 heavy (non-hydrogen) atoms. The van der Waals surface area contributed by atoms with E-state index < -0.39 is 11.3 Å². The van der Waals surface area contributed by atoms with E-state index in [1.54, 1.807) is 30.3 Å². The fourth-order valence-electron chi connectivity index (χ4n) is 3.69. The van der Waals surface area contributed by atoms with E-state index in [4.69, 9.17) is 6.42 Å². The number of rotatable bonds is 6. The van der Waals surface area contributed by atoms with Crippen molar-refractivity contribution in [3.05, 3.63) is 90.0 Å². The van der Waals surface area contributed by atoms with Gasteiger partial charge in [0.1, 0.15) is 5.41 Å². The highest BCUT2D eigenvalue weighted by molar-refractivity contribution is 6.30. The number of allylic oxidation sites excluding steroid dienone is 2. The molecule has 2 aromatic rings. The fourth-order valence-corrected chi connectivity index (χ4v) is 3.69. The van der Waals surface area contributed by atoms with Gasteiger partial charge in [0.15, 0.2) is 11.6 Å². The lowest BCUT2D eigenvalue weighted by Crippen LogP contribution is -2.40. The normalized spacial score (nSPS) is 16.3. The first kappa shape index (κ1) is 17.6. The van der Waals surface area contributed by atoms with Crippen LogP contribution < -0.4 is 0 Å². The minimum Gasteiger partial charge on any atom is -0.293 e. The van der Waals surface area contributed by atoms with Crippen molar-refractivity contribution in [2.45, 2.75) is 12.8 Å². The van der Waals surface area contributed by atoms with E-state index in [0.717, 1.165) is 5.56 Å². The maximum absolute atomic E-state index is 13.3. The molecule has 0 saturated heterocycles. The second-order valence-electron chi connectivity index (χ2n) is 6.45. The molecule has 3 rings (SSSR count). The van der Waals surface area contributed by atoms with E-state index in [-0.39, 0.29) is 18.0 Å². The van der Waals surface area contributed by atoms with Gasteiger partial charge in [-0.2, -0.15) is 0 Å². The quantitative estimate of drug-likeness (QED) is 0.422. The number of benzene rings is 2. The molecule has 0 heterocycles. The summed E-state index contributed by atoms with van der Waals surface area (Å²) in [5.74, 6) is 1.94. The van der Waals surface area contributed by atoms with Crippen LogP contribution in [-0.2, 0) is 0 Å². The van der Waals surface area contributed by atoms with Gasteiger partial charge in [0, 0.05) is 23.5 Å². The summed E-state index contributed by atoms with van der Waals surface area (Å²) >= 11 is 0. The predicted molar refractivity (Wildman–Crippen MR) is 105 cm³/mol. The SMILES string of the molecule is C#CCC(/C=C/c1ccccc1)C1(CC=C)C(=O)c2ccccc2C1=O. The first-order valence-corrected chi connectivity index (χ1v) is 8.61. The van der Waals surface area contributed by atoms with Crippen LogP contribution in [0.3, 0.4) is 0 Å². The molecule has 2 heteroatoms. The zero-order valence-electron chi connectivity index (χ0n) is 14.5. The summed E-state index contributed by atoms with van der Waals surface area (Å²) in [5, 5.41) is 0. The Morgan fingerprint density at radius 1 is 1.00 bits per heavy atom. The molecule has 2 aromatic carbocycles. The smallest absolute Gasteiger partial charge is 0.178 e. The molecule has 0 spiro atoms. The van der Waals surface area contributed by atoms with Crippen molar-refractivity contribution in [3.63, 3.8) is 0 Å². The lowest BCUT2D eigenvalue weighted by atomic mass is 9.67. The van der Waals surface area contributed by atoms with Crippen LogP contribution in [0.25, 0.3) is 6.08 Å². The number of terminal acetylenes is 1. The van der Waals surface area contributed by atoms with E-state index >= 15 is 0 Å². The van der Waals surface area contributed by atoms with Gasteiger partial charge < -0.3 is 0 Å². The van der Waals surface area contributed by atoms with Crippen LogP contribution >= 0.6 is 0 Å². The Kier molecular flexibility index (Phi) is 5.00. The van der Waals surface area contributed by atoms with Gasteiger partial charge in [-0.25, -0.2) is 0 Å². The standard InChI is InChI=1S/C24H20O2/c1-3-10-19(16-15-18-11-6-5-7-12-18)24(17-4-2)22(25)20-13-8-9-14-21(20)23(24)26/h1,4-9,11-16,19H,2,10,17H2/b16-15+. The Balaban J connectivity index is 2.09. The van der Waals surface area contributed by atoms with Gasteiger partial charge in [-0.3, -0.25) is 9.59 Å². The molecule has 0 N–H and O–H groups in total. The predicted octanol–water partition coefficient (Wildman–Crippen LogP) is 4.98. The third-order valence-corrected chi connectivity index (χ3v) is 4.98. The molecule has 0 aliphatic heterocycles. The highest BCUT2D eigenvalue weighted by atomic mass is 16.2. The zero-order chi connectivity index (χ0) is 18.6. The molecule has 0 bridgehead atoms. The lowest BCUT2D eigenvalue weighted by molar-refractivity contribution is 0.0632. The van der Waals surface area contributed by atoms with E-state index in [1.807, 2.05) is 42.5 Å². The summed E-state index contributed by atoms with van der Waals surface area (Å²) in [5.41, 5.74) is 0.756. The highest BCUT2D eigenvalue weighted by Gasteiger charge is 2.55. The maximum Gasteiger partial charge on any atom is 0.178 e. The molecule has 1 unspecified atom stereocenters. The van der Waals surface area contributed by atoms with Gasteiger partial charge in [-0.15, -0.1) is 18.9 Å². The van der Waals surface area contributed by atoms with Crippen molar-refractivity contribution in [2.24, 2.45) is 11.3 Å². The molecular formula is C24H20O2. The molecule has 0 amide bonds. The molecule has 2 nitrogen and oxygen atoms in total. The van der Waals surface area contributed by atoms with Crippen LogP contribution in [-0.4, -0.2) is 11.6 Å². The average molecular weight is 340 g/mol. The van der Waals surface area contributed by atoms with Crippen molar-refractivity contribution in [1.82, 2.24) is 0 Å². The number of hydrogen-bond donors (Lipinski definition) is 0. The molecule has 0 radical (unpaired) electrons. The first-order chi connectivity index (χ1) is 12.6. The molecule has 0 aromatic heterocycles. The molecule has 1 atom stereocenters.